The highest BCUT2D eigenvalue weighted by atomic mass is 15.0. The molecule has 6 nitrogen and oxygen atoms in total. The maximum Gasteiger partial charge on any atom is 0.139 e. The smallest absolute Gasteiger partial charge is 0.139 e. The van der Waals surface area contributed by atoms with Crippen LogP contribution in [0.3, 0.4) is 0 Å². The van der Waals surface area contributed by atoms with Crippen LogP contribution in [-0.2, 0) is 0 Å². The first kappa shape index (κ1) is 14.4. The number of pyridine rings is 2. The number of nitriles is 1. The molecular weight excluding hydrogens is 324 g/mol. The van der Waals surface area contributed by atoms with Gasteiger partial charge in [0.2, 0.25) is 0 Å². The van der Waals surface area contributed by atoms with Gasteiger partial charge in [-0.05, 0) is 42.5 Å². The van der Waals surface area contributed by atoms with Crippen molar-refractivity contribution in [3.63, 3.8) is 0 Å². The minimum absolute atomic E-state index is 0.622. The Morgan fingerprint density at radius 1 is 0.962 bits per heavy atom. The molecule has 0 spiro atoms. The number of aromatic nitrogens is 4. The second-order valence-electron chi connectivity index (χ2n) is 5.94. The van der Waals surface area contributed by atoms with Gasteiger partial charge < -0.3 is 10.3 Å². The standard InChI is InChI=1S/C20H12N6/c21-10-12-3-5-13(6-4-12)19-25-17-14-7-9-22-11-16(14)24-20-15(18(17)26-19)2-1-8-23-20/h1-9,11H,(H,23,24)(H,25,26). The first-order valence-electron chi connectivity index (χ1n) is 8.11. The lowest BCUT2D eigenvalue weighted by molar-refractivity contribution is 1.26. The second-order valence-corrected chi connectivity index (χ2v) is 5.94. The summed E-state index contributed by atoms with van der Waals surface area (Å²) in [5, 5.41) is 12.3. The van der Waals surface area contributed by atoms with Crippen molar-refractivity contribution in [2.75, 3.05) is 5.32 Å². The van der Waals surface area contributed by atoms with Crippen molar-refractivity contribution in [2.45, 2.75) is 0 Å². The molecule has 2 N–H and O–H groups in total. The molecule has 26 heavy (non-hydrogen) atoms. The molecule has 1 aliphatic heterocycles. The van der Waals surface area contributed by atoms with Crippen LogP contribution in [0.4, 0.5) is 11.5 Å². The fraction of sp³-hybridized carbons (Fsp3) is 0. The largest absolute Gasteiger partial charge is 0.338 e. The molecule has 0 fully saturated rings. The van der Waals surface area contributed by atoms with Gasteiger partial charge >= 0.3 is 0 Å². The van der Waals surface area contributed by atoms with Crippen molar-refractivity contribution in [3.05, 3.63) is 66.6 Å². The molecule has 4 heterocycles. The maximum absolute atomic E-state index is 8.99. The molecule has 1 aliphatic rings. The van der Waals surface area contributed by atoms with Crippen LogP contribution in [0.15, 0.2) is 61.1 Å². The fourth-order valence-corrected chi connectivity index (χ4v) is 3.14. The lowest BCUT2D eigenvalue weighted by Crippen LogP contribution is -1.95. The summed E-state index contributed by atoms with van der Waals surface area (Å²) >= 11 is 0. The van der Waals surface area contributed by atoms with E-state index in [1.54, 1.807) is 30.7 Å². The molecule has 0 saturated heterocycles. The predicted molar refractivity (Wildman–Crippen MR) is 98.5 cm³/mol. The van der Waals surface area contributed by atoms with E-state index in [1.165, 1.54) is 0 Å². The summed E-state index contributed by atoms with van der Waals surface area (Å²) in [6, 6.07) is 15.4. The van der Waals surface area contributed by atoms with E-state index in [2.05, 4.69) is 26.3 Å². The third kappa shape index (κ3) is 2.15. The minimum Gasteiger partial charge on any atom is -0.338 e. The molecule has 4 aromatic rings. The zero-order valence-corrected chi connectivity index (χ0v) is 13.6. The van der Waals surface area contributed by atoms with E-state index in [1.807, 2.05) is 30.3 Å². The Bertz CT molecular complexity index is 1100. The van der Waals surface area contributed by atoms with E-state index in [9.17, 15) is 0 Å². The van der Waals surface area contributed by atoms with Crippen LogP contribution >= 0.6 is 0 Å². The highest BCUT2D eigenvalue weighted by Gasteiger charge is 2.23. The van der Waals surface area contributed by atoms with Crippen LogP contribution in [-0.4, -0.2) is 19.9 Å². The van der Waals surface area contributed by atoms with Crippen molar-refractivity contribution >= 4 is 11.5 Å². The summed E-state index contributed by atoms with van der Waals surface area (Å²) in [4.78, 5) is 16.9. The molecule has 0 amide bonds. The molecule has 3 aromatic heterocycles. The van der Waals surface area contributed by atoms with Gasteiger partial charge in [0.1, 0.15) is 17.3 Å². The molecule has 0 bridgehead atoms. The number of hydrogen-bond donors (Lipinski definition) is 2. The van der Waals surface area contributed by atoms with E-state index in [4.69, 9.17) is 10.2 Å². The average molecular weight is 336 g/mol. The van der Waals surface area contributed by atoms with Crippen LogP contribution in [0.1, 0.15) is 5.56 Å². The van der Waals surface area contributed by atoms with E-state index < -0.39 is 0 Å². The van der Waals surface area contributed by atoms with Gasteiger partial charge in [-0.25, -0.2) is 9.97 Å². The van der Waals surface area contributed by atoms with Gasteiger partial charge in [0.25, 0.3) is 0 Å². The Morgan fingerprint density at radius 3 is 2.69 bits per heavy atom. The van der Waals surface area contributed by atoms with Gasteiger partial charge in [0.05, 0.1) is 29.2 Å². The minimum atomic E-state index is 0.622. The number of fused-ring (bicyclic) bond motifs is 5. The molecular formula is C20H12N6. The predicted octanol–water partition coefficient (Wildman–Crippen LogP) is 4.13. The van der Waals surface area contributed by atoms with Gasteiger partial charge in [-0.1, -0.05) is 0 Å². The van der Waals surface area contributed by atoms with E-state index in [0.29, 0.717) is 5.56 Å². The first-order valence-corrected chi connectivity index (χ1v) is 8.11. The fourth-order valence-electron chi connectivity index (χ4n) is 3.14. The zero-order valence-electron chi connectivity index (χ0n) is 13.6. The number of nitrogens with zero attached hydrogens (tertiary/aromatic N) is 4. The van der Waals surface area contributed by atoms with Crippen molar-refractivity contribution in [1.82, 2.24) is 19.9 Å². The van der Waals surface area contributed by atoms with Gasteiger partial charge in [-0.15, -0.1) is 0 Å². The van der Waals surface area contributed by atoms with Crippen LogP contribution in [0.5, 0.6) is 0 Å². The number of anilines is 2. The summed E-state index contributed by atoms with van der Waals surface area (Å²) in [5.74, 6) is 1.50. The van der Waals surface area contributed by atoms with E-state index in [-0.39, 0.29) is 0 Å². The van der Waals surface area contributed by atoms with Gasteiger partial charge in [0, 0.05) is 29.1 Å². The SMILES string of the molecule is N#Cc1ccc(-c2nc3c([nH]2)-c2ccncc2Nc2ncccc2-3)cc1. The van der Waals surface area contributed by atoms with Crippen molar-refractivity contribution in [1.29, 1.82) is 5.26 Å². The molecule has 0 aliphatic carbocycles. The number of H-pyrrole nitrogens is 1. The highest BCUT2D eigenvalue weighted by Crippen LogP contribution is 2.42. The molecule has 0 saturated carbocycles. The number of benzene rings is 1. The monoisotopic (exact) mass is 336 g/mol. The summed E-state index contributed by atoms with van der Waals surface area (Å²) in [7, 11) is 0. The van der Waals surface area contributed by atoms with Crippen LogP contribution in [0.2, 0.25) is 0 Å². The maximum atomic E-state index is 8.99. The molecule has 0 unspecified atom stereocenters. The lowest BCUT2D eigenvalue weighted by Gasteiger charge is -2.07. The zero-order chi connectivity index (χ0) is 17.5. The third-order valence-corrected chi connectivity index (χ3v) is 4.40. The molecule has 122 valence electrons. The highest BCUT2D eigenvalue weighted by molar-refractivity contribution is 5.95. The number of imidazole rings is 1. The molecule has 1 aromatic carbocycles. The number of hydrogen-bond acceptors (Lipinski definition) is 5. The lowest BCUT2D eigenvalue weighted by atomic mass is 10.1. The Kier molecular flexibility index (Phi) is 3.06. The van der Waals surface area contributed by atoms with Crippen molar-refractivity contribution in [3.8, 4) is 40.0 Å². The number of rotatable bonds is 1. The van der Waals surface area contributed by atoms with Crippen molar-refractivity contribution < 1.29 is 0 Å². The topological polar surface area (TPSA) is 90.3 Å². The van der Waals surface area contributed by atoms with Gasteiger partial charge in [0.15, 0.2) is 0 Å². The third-order valence-electron chi connectivity index (χ3n) is 4.40. The quantitative estimate of drug-likeness (QED) is 0.480. The van der Waals surface area contributed by atoms with E-state index >= 15 is 0 Å². The Morgan fingerprint density at radius 2 is 1.85 bits per heavy atom. The van der Waals surface area contributed by atoms with Gasteiger partial charge in [-0.2, -0.15) is 5.26 Å². The van der Waals surface area contributed by atoms with Crippen molar-refractivity contribution in [2.24, 2.45) is 0 Å². The first-order chi connectivity index (χ1) is 12.8. The molecule has 5 rings (SSSR count). The number of aromatic amines is 1. The van der Waals surface area contributed by atoms with Crippen LogP contribution < -0.4 is 5.32 Å². The number of nitrogens with one attached hydrogen (secondary N) is 2. The summed E-state index contributed by atoms with van der Waals surface area (Å²) in [5.41, 5.74) is 6.09. The molecule has 0 atom stereocenters. The Labute approximate surface area is 149 Å². The Hall–Kier alpha value is -3.98. The normalized spacial score (nSPS) is 11.3. The van der Waals surface area contributed by atoms with E-state index in [0.717, 1.165) is 45.4 Å². The Balaban J connectivity index is 1.76. The van der Waals surface area contributed by atoms with Crippen LogP contribution in [0.25, 0.3) is 33.9 Å². The molecule has 0 radical (unpaired) electrons. The second kappa shape index (κ2) is 5.53. The summed E-state index contributed by atoms with van der Waals surface area (Å²) < 4.78 is 0. The van der Waals surface area contributed by atoms with Gasteiger partial charge in [-0.3, -0.25) is 4.98 Å². The average Bonchev–Trinajstić information content (AvgIpc) is 3.09. The van der Waals surface area contributed by atoms with Crippen LogP contribution in [0, 0.1) is 11.3 Å². The summed E-state index contributed by atoms with van der Waals surface area (Å²) in [6.07, 6.45) is 5.29. The summed E-state index contributed by atoms with van der Waals surface area (Å²) in [6.45, 7) is 0. The molecule has 6 heteroatoms.